The molecule has 0 spiro atoms. The minimum absolute atomic E-state index is 0.0614. The van der Waals surface area contributed by atoms with Crippen molar-refractivity contribution in [3.63, 3.8) is 0 Å². The van der Waals surface area contributed by atoms with Crippen molar-refractivity contribution in [2.24, 2.45) is 0 Å². The fourth-order valence-electron chi connectivity index (χ4n) is 0.952. The number of benzene rings is 1. The summed E-state index contributed by atoms with van der Waals surface area (Å²) in [7, 11) is 1.25. The first-order chi connectivity index (χ1) is 6.60. The minimum Gasteiger partial charge on any atom is -0.500 e. The van der Waals surface area contributed by atoms with Crippen molar-refractivity contribution in [3.05, 3.63) is 27.8 Å². The molecule has 0 amide bonds. The zero-order valence-electron chi connectivity index (χ0n) is 7.22. The van der Waals surface area contributed by atoms with E-state index in [9.17, 15) is 15.2 Å². The van der Waals surface area contributed by atoms with Crippen molar-refractivity contribution >= 4 is 5.69 Å². The number of nitrogens with zero attached hydrogens (tertiary/aromatic N) is 2. The van der Waals surface area contributed by atoms with Gasteiger partial charge in [-0.05, 0) is 0 Å². The number of nitriles is 1. The lowest BCUT2D eigenvalue weighted by atomic mass is 10.2. The zero-order valence-corrected chi connectivity index (χ0v) is 7.22. The second kappa shape index (κ2) is 3.62. The molecule has 14 heavy (non-hydrogen) atoms. The molecule has 0 aromatic heterocycles. The van der Waals surface area contributed by atoms with Crippen molar-refractivity contribution in [2.75, 3.05) is 7.11 Å². The maximum atomic E-state index is 10.4. The summed E-state index contributed by atoms with van der Waals surface area (Å²) >= 11 is 0. The van der Waals surface area contributed by atoms with Crippen LogP contribution in [0, 0.1) is 21.4 Å². The minimum atomic E-state index is -0.779. The SMILES string of the molecule is COc1cc(C#N)cc([N+](=O)[O-])c1O. The lowest BCUT2D eigenvalue weighted by molar-refractivity contribution is -0.386. The maximum absolute atomic E-state index is 10.4. The number of nitro groups is 1. The third-order valence-electron chi connectivity index (χ3n) is 1.60. The normalized spacial score (nSPS) is 9.14. The van der Waals surface area contributed by atoms with Crippen LogP contribution in [0.1, 0.15) is 5.56 Å². The summed E-state index contributed by atoms with van der Waals surface area (Å²) in [5.41, 5.74) is -0.479. The lowest BCUT2D eigenvalue weighted by Crippen LogP contribution is -1.93. The molecule has 0 aliphatic carbocycles. The van der Waals surface area contributed by atoms with Gasteiger partial charge in [-0.15, -0.1) is 0 Å². The van der Waals surface area contributed by atoms with E-state index in [2.05, 4.69) is 4.74 Å². The van der Waals surface area contributed by atoms with E-state index in [4.69, 9.17) is 5.26 Å². The van der Waals surface area contributed by atoms with Crippen molar-refractivity contribution in [1.29, 1.82) is 5.26 Å². The van der Waals surface area contributed by atoms with Gasteiger partial charge in [0, 0.05) is 12.1 Å². The largest absolute Gasteiger partial charge is 0.500 e. The van der Waals surface area contributed by atoms with Gasteiger partial charge in [0.25, 0.3) is 0 Å². The predicted molar refractivity (Wildman–Crippen MR) is 46.0 cm³/mol. The van der Waals surface area contributed by atoms with Gasteiger partial charge in [-0.3, -0.25) is 10.1 Å². The van der Waals surface area contributed by atoms with Gasteiger partial charge >= 0.3 is 5.69 Å². The predicted octanol–water partition coefficient (Wildman–Crippen LogP) is 1.18. The summed E-state index contributed by atoms with van der Waals surface area (Å²) in [5, 5.41) is 28.3. The smallest absolute Gasteiger partial charge is 0.315 e. The number of ether oxygens (including phenoxy) is 1. The van der Waals surface area contributed by atoms with Gasteiger partial charge in [-0.2, -0.15) is 5.26 Å². The van der Waals surface area contributed by atoms with Crippen LogP contribution >= 0.6 is 0 Å². The van der Waals surface area contributed by atoms with Crippen LogP contribution in [-0.2, 0) is 0 Å². The number of nitro benzene ring substituents is 1. The molecule has 1 N–H and O–H groups in total. The number of phenols is 1. The monoisotopic (exact) mass is 194 g/mol. The standard InChI is InChI=1S/C8H6N2O4/c1-14-7-3-5(4-9)2-6(8(7)11)10(12)13/h2-3,11H,1H3. The molecule has 0 radical (unpaired) electrons. The number of aromatic hydroxyl groups is 1. The van der Waals surface area contributed by atoms with Gasteiger partial charge in [-0.25, -0.2) is 0 Å². The summed E-state index contributed by atoms with van der Waals surface area (Å²) in [5.74, 6) is -0.660. The van der Waals surface area contributed by atoms with E-state index in [1.807, 2.05) is 0 Å². The summed E-state index contributed by atoms with van der Waals surface area (Å²) in [6.07, 6.45) is 0. The van der Waals surface area contributed by atoms with E-state index in [0.29, 0.717) is 0 Å². The second-order valence-electron chi connectivity index (χ2n) is 2.42. The highest BCUT2D eigenvalue weighted by Crippen LogP contribution is 2.36. The molecule has 6 nitrogen and oxygen atoms in total. The number of hydrogen-bond donors (Lipinski definition) is 1. The first kappa shape index (κ1) is 9.80. The molecular weight excluding hydrogens is 188 g/mol. The number of hydrogen-bond acceptors (Lipinski definition) is 5. The van der Waals surface area contributed by atoms with Crippen LogP contribution in [0.5, 0.6) is 11.5 Å². The summed E-state index contributed by atoms with van der Waals surface area (Å²) in [4.78, 5) is 9.66. The lowest BCUT2D eigenvalue weighted by Gasteiger charge is -2.03. The Morgan fingerprint density at radius 1 is 1.64 bits per heavy atom. The van der Waals surface area contributed by atoms with Crippen molar-refractivity contribution in [2.45, 2.75) is 0 Å². The molecule has 0 saturated heterocycles. The van der Waals surface area contributed by atoms with Crippen LogP contribution < -0.4 is 4.74 Å². The summed E-state index contributed by atoms with van der Waals surface area (Å²) in [6.45, 7) is 0. The first-order valence-electron chi connectivity index (χ1n) is 3.55. The molecule has 1 aromatic carbocycles. The van der Waals surface area contributed by atoms with Crippen LogP contribution in [-0.4, -0.2) is 17.1 Å². The Balaban J connectivity index is 3.44. The second-order valence-corrected chi connectivity index (χ2v) is 2.42. The highest BCUT2D eigenvalue weighted by Gasteiger charge is 2.19. The fraction of sp³-hybridized carbons (Fsp3) is 0.125. The number of rotatable bonds is 2. The van der Waals surface area contributed by atoms with Crippen LogP contribution in [0.25, 0.3) is 0 Å². The Labute approximate surface area is 79.1 Å². The summed E-state index contributed by atoms with van der Waals surface area (Å²) in [6, 6.07) is 3.94. The van der Waals surface area contributed by atoms with Crippen molar-refractivity contribution in [3.8, 4) is 17.6 Å². The van der Waals surface area contributed by atoms with Gasteiger partial charge in [0.05, 0.1) is 23.7 Å². The van der Waals surface area contributed by atoms with Crippen LogP contribution in [0.4, 0.5) is 5.69 Å². The molecular formula is C8H6N2O4. The van der Waals surface area contributed by atoms with Crippen LogP contribution in [0.2, 0.25) is 0 Å². The molecule has 0 aliphatic heterocycles. The number of phenolic OH excluding ortho intramolecular Hbond substituents is 1. The molecule has 0 aliphatic rings. The Morgan fingerprint density at radius 3 is 2.71 bits per heavy atom. The van der Waals surface area contributed by atoms with Crippen LogP contribution in [0.15, 0.2) is 12.1 Å². The topological polar surface area (TPSA) is 96.4 Å². The van der Waals surface area contributed by atoms with Gasteiger partial charge < -0.3 is 9.84 Å². The van der Waals surface area contributed by atoms with Gasteiger partial charge in [0.1, 0.15) is 0 Å². The fourth-order valence-corrected chi connectivity index (χ4v) is 0.952. The van der Waals surface area contributed by atoms with Gasteiger partial charge in [-0.1, -0.05) is 0 Å². The third-order valence-corrected chi connectivity index (χ3v) is 1.60. The molecule has 0 atom stereocenters. The van der Waals surface area contributed by atoms with E-state index >= 15 is 0 Å². The average Bonchev–Trinajstić information content (AvgIpc) is 2.17. The van der Waals surface area contributed by atoms with E-state index in [1.165, 1.54) is 13.2 Å². The quantitative estimate of drug-likeness (QED) is 0.563. The Bertz CT molecular complexity index is 422. The highest BCUT2D eigenvalue weighted by molar-refractivity contribution is 5.59. The van der Waals surface area contributed by atoms with Crippen molar-refractivity contribution in [1.82, 2.24) is 0 Å². The Hall–Kier alpha value is -2.29. The first-order valence-corrected chi connectivity index (χ1v) is 3.55. The molecule has 72 valence electrons. The Kier molecular flexibility index (Phi) is 2.53. The molecule has 0 unspecified atom stereocenters. The highest BCUT2D eigenvalue weighted by atomic mass is 16.6. The van der Waals surface area contributed by atoms with Crippen molar-refractivity contribution < 1.29 is 14.8 Å². The molecule has 0 fully saturated rings. The molecule has 0 bridgehead atoms. The van der Waals surface area contributed by atoms with E-state index < -0.39 is 16.4 Å². The third kappa shape index (κ3) is 1.56. The van der Waals surface area contributed by atoms with E-state index in [-0.39, 0.29) is 11.3 Å². The molecule has 1 rings (SSSR count). The molecule has 6 heteroatoms. The maximum Gasteiger partial charge on any atom is 0.315 e. The van der Waals surface area contributed by atoms with E-state index in [0.717, 1.165) is 6.07 Å². The van der Waals surface area contributed by atoms with E-state index in [1.54, 1.807) is 6.07 Å². The van der Waals surface area contributed by atoms with Gasteiger partial charge in [0.15, 0.2) is 5.75 Å². The zero-order chi connectivity index (χ0) is 10.7. The Morgan fingerprint density at radius 2 is 2.29 bits per heavy atom. The molecule has 0 heterocycles. The molecule has 0 saturated carbocycles. The van der Waals surface area contributed by atoms with Crippen LogP contribution in [0.3, 0.4) is 0 Å². The molecule has 1 aromatic rings. The summed E-state index contributed by atoms with van der Waals surface area (Å²) < 4.78 is 4.67. The van der Waals surface area contributed by atoms with Gasteiger partial charge in [0.2, 0.25) is 5.75 Å². The average molecular weight is 194 g/mol. The number of methoxy groups -OCH3 is 1.